The van der Waals surface area contributed by atoms with E-state index in [1.165, 1.54) is 4.31 Å². The zero-order valence-electron chi connectivity index (χ0n) is 17.1. The van der Waals surface area contributed by atoms with Gasteiger partial charge >= 0.3 is 0 Å². The van der Waals surface area contributed by atoms with Crippen LogP contribution in [-0.4, -0.2) is 31.7 Å². The van der Waals surface area contributed by atoms with Crippen molar-refractivity contribution in [1.82, 2.24) is 9.62 Å². The van der Waals surface area contributed by atoms with Crippen LogP contribution >= 0.6 is 15.9 Å². The molecule has 1 heterocycles. The first-order valence-electron chi connectivity index (χ1n) is 10.4. The molecule has 1 fully saturated rings. The molecule has 0 atom stereocenters. The summed E-state index contributed by atoms with van der Waals surface area (Å²) in [6.07, 6.45) is 1.09. The monoisotopic (exact) mass is 500 g/mol. The summed E-state index contributed by atoms with van der Waals surface area (Å²) in [4.78, 5) is 12.7. The first kappa shape index (κ1) is 22.0. The number of piperidine rings is 1. The van der Waals surface area contributed by atoms with Gasteiger partial charge in [-0.1, -0.05) is 70.5 Å². The standard InChI is InChI=1S/C24H25BrN2O3S/c25-22-10-8-18(9-11-22)17-31(29,30)27-14-12-20(13-15-27)24(28)26-16-21-6-3-5-19-4-1-2-7-23(19)21/h1-11,20H,12-17H2,(H,26,28). The molecule has 1 aliphatic heterocycles. The van der Waals surface area contributed by atoms with Crippen LogP contribution in [0.2, 0.25) is 0 Å². The molecule has 0 bridgehead atoms. The van der Waals surface area contributed by atoms with E-state index >= 15 is 0 Å². The molecule has 0 aliphatic carbocycles. The fraction of sp³-hybridized carbons (Fsp3) is 0.292. The smallest absolute Gasteiger partial charge is 0.223 e. The van der Waals surface area contributed by atoms with Crippen molar-refractivity contribution < 1.29 is 13.2 Å². The fourth-order valence-electron chi connectivity index (χ4n) is 4.05. The maximum absolute atomic E-state index is 12.8. The first-order valence-corrected chi connectivity index (χ1v) is 12.8. The molecule has 162 valence electrons. The van der Waals surface area contributed by atoms with E-state index < -0.39 is 10.0 Å². The minimum Gasteiger partial charge on any atom is -0.352 e. The number of amides is 1. The highest BCUT2D eigenvalue weighted by Crippen LogP contribution is 2.23. The number of nitrogens with one attached hydrogen (secondary N) is 1. The predicted octanol–water partition coefficient (Wildman–Crippen LogP) is 4.46. The van der Waals surface area contributed by atoms with Gasteiger partial charge in [0.1, 0.15) is 0 Å². The Bertz CT molecular complexity index is 1170. The Morgan fingerprint density at radius 1 is 0.968 bits per heavy atom. The number of carbonyl (C=O) groups excluding carboxylic acids is 1. The Balaban J connectivity index is 1.31. The van der Waals surface area contributed by atoms with Crippen molar-refractivity contribution >= 4 is 42.6 Å². The number of hydrogen-bond donors (Lipinski definition) is 1. The van der Waals surface area contributed by atoms with Crippen molar-refractivity contribution in [2.75, 3.05) is 13.1 Å². The Labute approximate surface area is 191 Å². The summed E-state index contributed by atoms with van der Waals surface area (Å²) < 4.78 is 28.0. The summed E-state index contributed by atoms with van der Waals surface area (Å²) in [5.41, 5.74) is 1.85. The number of rotatable bonds is 6. The molecule has 1 aliphatic rings. The average Bonchev–Trinajstić information content (AvgIpc) is 2.79. The second-order valence-corrected chi connectivity index (χ2v) is 10.8. The summed E-state index contributed by atoms with van der Waals surface area (Å²) >= 11 is 3.36. The predicted molar refractivity (Wildman–Crippen MR) is 127 cm³/mol. The molecule has 1 amide bonds. The Kier molecular flexibility index (Phi) is 6.74. The van der Waals surface area contributed by atoms with Crippen molar-refractivity contribution in [3.05, 3.63) is 82.3 Å². The highest BCUT2D eigenvalue weighted by molar-refractivity contribution is 9.10. The highest BCUT2D eigenvalue weighted by atomic mass is 79.9. The molecule has 1 saturated heterocycles. The third kappa shape index (κ3) is 5.34. The third-order valence-corrected chi connectivity index (χ3v) is 8.19. The lowest BCUT2D eigenvalue weighted by Gasteiger charge is -2.30. The maximum atomic E-state index is 12.8. The van der Waals surface area contributed by atoms with Crippen LogP contribution in [0.15, 0.2) is 71.2 Å². The van der Waals surface area contributed by atoms with Crippen LogP contribution in [0.3, 0.4) is 0 Å². The number of carbonyl (C=O) groups is 1. The summed E-state index contributed by atoms with van der Waals surface area (Å²) in [6, 6.07) is 21.5. The Morgan fingerprint density at radius 2 is 1.65 bits per heavy atom. The molecule has 31 heavy (non-hydrogen) atoms. The number of nitrogens with zero attached hydrogens (tertiary/aromatic N) is 1. The summed E-state index contributed by atoms with van der Waals surface area (Å²) in [5, 5.41) is 5.34. The quantitative estimate of drug-likeness (QED) is 0.543. The molecular formula is C24H25BrN2O3S. The largest absolute Gasteiger partial charge is 0.352 e. The topological polar surface area (TPSA) is 66.5 Å². The van der Waals surface area contributed by atoms with Gasteiger partial charge in [0.2, 0.25) is 15.9 Å². The zero-order valence-corrected chi connectivity index (χ0v) is 19.5. The average molecular weight is 501 g/mol. The SMILES string of the molecule is O=C(NCc1cccc2ccccc12)C1CCN(S(=O)(=O)Cc2ccc(Br)cc2)CC1. The van der Waals surface area contributed by atoms with Crippen LogP contribution in [-0.2, 0) is 27.1 Å². The lowest BCUT2D eigenvalue weighted by Crippen LogP contribution is -2.43. The number of halogens is 1. The van der Waals surface area contributed by atoms with Crippen molar-refractivity contribution in [1.29, 1.82) is 0 Å². The van der Waals surface area contributed by atoms with Gasteiger partial charge in [-0.2, -0.15) is 0 Å². The number of benzene rings is 3. The lowest BCUT2D eigenvalue weighted by molar-refractivity contribution is -0.126. The van der Waals surface area contributed by atoms with E-state index in [1.54, 1.807) is 0 Å². The summed E-state index contributed by atoms with van der Waals surface area (Å²) in [6.45, 7) is 1.23. The van der Waals surface area contributed by atoms with Gasteiger partial charge in [0, 0.05) is 30.0 Å². The molecule has 3 aromatic carbocycles. The molecule has 4 rings (SSSR count). The molecular weight excluding hydrogens is 476 g/mol. The molecule has 5 nitrogen and oxygen atoms in total. The minimum atomic E-state index is -3.39. The van der Waals surface area contributed by atoms with Crippen LogP contribution in [0, 0.1) is 5.92 Å². The third-order valence-electron chi connectivity index (χ3n) is 5.81. The number of hydrogen-bond acceptors (Lipinski definition) is 3. The van der Waals surface area contributed by atoms with E-state index in [0.29, 0.717) is 32.5 Å². The Morgan fingerprint density at radius 3 is 2.39 bits per heavy atom. The molecule has 3 aromatic rings. The molecule has 0 radical (unpaired) electrons. The summed E-state index contributed by atoms with van der Waals surface area (Å²) in [7, 11) is -3.39. The van der Waals surface area contributed by atoms with Crippen LogP contribution in [0.4, 0.5) is 0 Å². The molecule has 0 saturated carbocycles. The van der Waals surface area contributed by atoms with Crippen molar-refractivity contribution in [2.45, 2.75) is 25.1 Å². The molecule has 7 heteroatoms. The first-order chi connectivity index (χ1) is 14.9. The normalized spacial score (nSPS) is 15.8. The van der Waals surface area contributed by atoms with E-state index in [4.69, 9.17) is 0 Å². The maximum Gasteiger partial charge on any atom is 0.223 e. The molecule has 0 spiro atoms. The highest BCUT2D eigenvalue weighted by Gasteiger charge is 2.31. The Hall–Kier alpha value is -2.22. The van der Waals surface area contributed by atoms with Gasteiger partial charge in [0.25, 0.3) is 0 Å². The van der Waals surface area contributed by atoms with E-state index in [9.17, 15) is 13.2 Å². The lowest BCUT2D eigenvalue weighted by atomic mass is 9.97. The van der Waals surface area contributed by atoms with Crippen LogP contribution < -0.4 is 5.32 Å². The summed E-state index contributed by atoms with van der Waals surface area (Å²) in [5.74, 6) is -0.176. The molecule has 0 unspecified atom stereocenters. The van der Waals surface area contributed by atoms with Crippen molar-refractivity contribution in [3.63, 3.8) is 0 Å². The van der Waals surface area contributed by atoms with Gasteiger partial charge in [0.15, 0.2) is 0 Å². The second kappa shape index (κ2) is 9.51. The van der Waals surface area contributed by atoms with E-state index in [2.05, 4.69) is 39.4 Å². The zero-order chi connectivity index (χ0) is 21.8. The van der Waals surface area contributed by atoms with Crippen molar-refractivity contribution in [3.8, 4) is 0 Å². The van der Waals surface area contributed by atoms with Crippen LogP contribution in [0.1, 0.15) is 24.0 Å². The van der Waals surface area contributed by atoms with Crippen LogP contribution in [0.5, 0.6) is 0 Å². The number of sulfonamides is 1. The van der Waals surface area contributed by atoms with Gasteiger partial charge in [-0.15, -0.1) is 0 Å². The van der Waals surface area contributed by atoms with Crippen molar-refractivity contribution in [2.24, 2.45) is 5.92 Å². The van der Waals surface area contributed by atoms with Crippen LogP contribution in [0.25, 0.3) is 10.8 Å². The van der Waals surface area contributed by atoms with Gasteiger partial charge in [-0.25, -0.2) is 12.7 Å². The van der Waals surface area contributed by atoms with E-state index in [-0.39, 0.29) is 17.6 Å². The molecule has 0 aromatic heterocycles. The van der Waals surface area contributed by atoms with Gasteiger partial charge < -0.3 is 5.32 Å². The van der Waals surface area contributed by atoms with E-state index in [0.717, 1.165) is 26.4 Å². The van der Waals surface area contributed by atoms with E-state index in [1.807, 2.05) is 48.5 Å². The molecule has 1 N–H and O–H groups in total. The van der Waals surface area contributed by atoms with Gasteiger partial charge in [-0.3, -0.25) is 4.79 Å². The minimum absolute atomic E-state index is 0.00195. The number of fused-ring (bicyclic) bond motifs is 1. The van der Waals surface area contributed by atoms with Gasteiger partial charge in [0.05, 0.1) is 5.75 Å². The second-order valence-electron chi connectivity index (χ2n) is 7.91. The van der Waals surface area contributed by atoms with Gasteiger partial charge in [-0.05, 0) is 46.9 Å². The fourth-order valence-corrected chi connectivity index (χ4v) is 5.88.